The maximum atomic E-state index is 12.3. The Kier molecular flexibility index (Phi) is 7.48. The standard InChI is InChI=1S/C23H21N5O4/c1-15(29)21(23(31)28-32)27-22(30)18-7-4-16(5-8-18)2-3-17-6-9-20(25-14-17)26-19-10-12-24-13-11-19/h4-15,21,29,32H,1H3,(H,27,30)(H,28,31)(H,24,25,26)/t15-,21+/m1/s1. The molecular weight excluding hydrogens is 410 g/mol. The van der Waals surface area contributed by atoms with Gasteiger partial charge in [-0.25, -0.2) is 10.5 Å². The molecule has 0 saturated heterocycles. The molecule has 2 atom stereocenters. The van der Waals surface area contributed by atoms with Crippen molar-refractivity contribution in [3.05, 3.63) is 83.8 Å². The van der Waals surface area contributed by atoms with E-state index in [1.807, 2.05) is 24.3 Å². The number of aliphatic hydroxyl groups excluding tert-OH is 1. The Labute approximate surface area is 184 Å². The zero-order valence-corrected chi connectivity index (χ0v) is 17.1. The molecule has 162 valence electrons. The number of amides is 2. The van der Waals surface area contributed by atoms with Gasteiger partial charge in [-0.05, 0) is 55.5 Å². The van der Waals surface area contributed by atoms with E-state index in [1.165, 1.54) is 12.4 Å². The van der Waals surface area contributed by atoms with Gasteiger partial charge in [-0.3, -0.25) is 19.8 Å². The average Bonchev–Trinajstić information content (AvgIpc) is 2.82. The molecule has 0 aliphatic carbocycles. The number of rotatable bonds is 6. The molecule has 0 saturated carbocycles. The topological polar surface area (TPSA) is 136 Å². The minimum atomic E-state index is -1.28. The molecule has 0 radical (unpaired) electrons. The Morgan fingerprint density at radius 2 is 1.62 bits per heavy atom. The fourth-order valence-corrected chi connectivity index (χ4v) is 2.67. The van der Waals surface area contributed by atoms with Crippen LogP contribution >= 0.6 is 0 Å². The monoisotopic (exact) mass is 431 g/mol. The van der Waals surface area contributed by atoms with Crippen molar-refractivity contribution in [2.45, 2.75) is 19.1 Å². The lowest BCUT2D eigenvalue weighted by atomic mass is 10.1. The van der Waals surface area contributed by atoms with Crippen molar-refractivity contribution in [3.8, 4) is 11.8 Å². The first-order chi connectivity index (χ1) is 15.5. The van der Waals surface area contributed by atoms with E-state index in [4.69, 9.17) is 5.21 Å². The van der Waals surface area contributed by atoms with E-state index in [-0.39, 0.29) is 5.56 Å². The first kappa shape index (κ1) is 22.4. The van der Waals surface area contributed by atoms with Crippen LogP contribution in [0.15, 0.2) is 67.1 Å². The summed E-state index contributed by atoms with van der Waals surface area (Å²) in [6.07, 6.45) is 3.85. The van der Waals surface area contributed by atoms with Crippen molar-refractivity contribution in [1.29, 1.82) is 0 Å². The summed E-state index contributed by atoms with van der Waals surface area (Å²) in [5.41, 5.74) is 3.98. The van der Waals surface area contributed by atoms with Crippen LogP contribution in [0.3, 0.4) is 0 Å². The summed E-state index contributed by atoms with van der Waals surface area (Å²) in [5, 5.41) is 23.9. The molecule has 0 aliphatic heterocycles. The lowest BCUT2D eigenvalue weighted by Crippen LogP contribution is -2.51. The summed E-state index contributed by atoms with van der Waals surface area (Å²) in [6.45, 7) is 1.33. The molecule has 9 heteroatoms. The molecule has 2 heterocycles. The third-order valence-corrected chi connectivity index (χ3v) is 4.38. The van der Waals surface area contributed by atoms with Gasteiger partial charge in [0.1, 0.15) is 11.9 Å². The number of hydrogen-bond donors (Lipinski definition) is 5. The van der Waals surface area contributed by atoms with E-state index in [0.29, 0.717) is 11.4 Å². The molecule has 3 aromatic rings. The predicted molar refractivity (Wildman–Crippen MR) is 117 cm³/mol. The van der Waals surface area contributed by atoms with Gasteiger partial charge in [0.05, 0.1) is 6.10 Å². The summed E-state index contributed by atoms with van der Waals surface area (Å²) < 4.78 is 0. The number of aromatic nitrogens is 2. The highest BCUT2D eigenvalue weighted by molar-refractivity contribution is 5.97. The molecule has 2 amide bonds. The number of hydrogen-bond acceptors (Lipinski definition) is 7. The quantitative estimate of drug-likeness (QED) is 0.227. The van der Waals surface area contributed by atoms with Gasteiger partial charge in [0, 0.05) is 41.0 Å². The number of carbonyl (C=O) groups is 2. The van der Waals surface area contributed by atoms with Crippen LogP contribution in [-0.4, -0.2) is 44.2 Å². The fourth-order valence-electron chi connectivity index (χ4n) is 2.67. The van der Waals surface area contributed by atoms with E-state index in [9.17, 15) is 14.7 Å². The maximum Gasteiger partial charge on any atom is 0.268 e. The Bertz CT molecular complexity index is 1120. The van der Waals surface area contributed by atoms with E-state index in [2.05, 4.69) is 32.4 Å². The minimum Gasteiger partial charge on any atom is -0.391 e. The average molecular weight is 431 g/mol. The normalized spacial score (nSPS) is 12.0. The van der Waals surface area contributed by atoms with Gasteiger partial charge in [-0.2, -0.15) is 0 Å². The molecule has 32 heavy (non-hydrogen) atoms. The van der Waals surface area contributed by atoms with Crippen molar-refractivity contribution in [3.63, 3.8) is 0 Å². The molecular formula is C23H21N5O4. The highest BCUT2D eigenvalue weighted by Gasteiger charge is 2.25. The number of nitrogens with one attached hydrogen (secondary N) is 3. The molecule has 0 bridgehead atoms. The molecule has 0 spiro atoms. The Morgan fingerprint density at radius 3 is 2.22 bits per heavy atom. The minimum absolute atomic E-state index is 0.278. The Balaban J connectivity index is 1.62. The third kappa shape index (κ3) is 6.12. The van der Waals surface area contributed by atoms with Crippen LogP contribution in [0.4, 0.5) is 11.5 Å². The summed E-state index contributed by atoms with van der Waals surface area (Å²) in [6, 6.07) is 12.5. The molecule has 1 aromatic carbocycles. The number of nitrogens with zero attached hydrogens (tertiary/aromatic N) is 2. The number of anilines is 2. The summed E-state index contributed by atoms with van der Waals surface area (Å²) in [4.78, 5) is 32.1. The fraction of sp³-hybridized carbons (Fsp3) is 0.130. The lowest BCUT2D eigenvalue weighted by Gasteiger charge is -2.19. The zero-order chi connectivity index (χ0) is 22.9. The van der Waals surface area contributed by atoms with Crippen LogP contribution in [0.1, 0.15) is 28.4 Å². The number of pyridine rings is 2. The van der Waals surface area contributed by atoms with E-state index < -0.39 is 24.0 Å². The highest BCUT2D eigenvalue weighted by atomic mass is 16.5. The van der Waals surface area contributed by atoms with E-state index in [0.717, 1.165) is 11.3 Å². The molecule has 0 unspecified atom stereocenters. The first-order valence-electron chi connectivity index (χ1n) is 9.64. The van der Waals surface area contributed by atoms with Crippen LogP contribution in [-0.2, 0) is 4.79 Å². The summed E-state index contributed by atoms with van der Waals surface area (Å²) in [7, 11) is 0. The number of carbonyl (C=O) groups excluding carboxylic acids is 2. The van der Waals surface area contributed by atoms with Gasteiger partial charge >= 0.3 is 0 Å². The zero-order valence-electron chi connectivity index (χ0n) is 17.1. The SMILES string of the molecule is C[C@@H](O)[C@H](NC(=O)c1ccc(C#Cc2ccc(Nc3ccncc3)nc2)cc1)C(=O)NO. The van der Waals surface area contributed by atoms with Crippen LogP contribution < -0.4 is 16.1 Å². The molecule has 3 rings (SSSR count). The summed E-state index contributed by atoms with van der Waals surface area (Å²) >= 11 is 0. The smallest absolute Gasteiger partial charge is 0.268 e. The molecule has 2 aromatic heterocycles. The van der Waals surface area contributed by atoms with Crippen molar-refractivity contribution in [2.75, 3.05) is 5.32 Å². The van der Waals surface area contributed by atoms with Crippen LogP contribution in [0.5, 0.6) is 0 Å². The third-order valence-electron chi connectivity index (χ3n) is 4.38. The van der Waals surface area contributed by atoms with Crippen LogP contribution in [0.2, 0.25) is 0 Å². The van der Waals surface area contributed by atoms with Gasteiger partial charge in [-0.1, -0.05) is 11.8 Å². The van der Waals surface area contributed by atoms with Gasteiger partial charge in [0.25, 0.3) is 11.8 Å². The second kappa shape index (κ2) is 10.7. The number of hydroxylamine groups is 1. The van der Waals surface area contributed by atoms with Crippen LogP contribution in [0.25, 0.3) is 0 Å². The Morgan fingerprint density at radius 1 is 0.969 bits per heavy atom. The first-order valence-corrected chi connectivity index (χ1v) is 9.64. The van der Waals surface area contributed by atoms with Crippen molar-refractivity contribution in [1.82, 2.24) is 20.8 Å². The number of benzene rings is 1. The van der Waals surface area contributed by atoms with Crippen molar-refractivity contribution >= 4 is 23.3 Å². The second-order valence-corrected chi connectivity index (χ2v) is 6.79. The van der Waals surface area contributed by atoms with Gasteiger partial charge in [0.15, 0.2) is 0 Å². The predicted octanol–water partition coefficient (Wildman–Crippen LogP) is 1.60. The van der Waals surface area contributed by atoms with Crippen molar-refractivity contribution in [2.24, 2.45) is 0 Å². The molecule has 9 nitrogen and oxygen atoms in total. The van der Waals surface area contributed by atoms with Gasteiger partial charge in [0.2, 0.25) is 0 Å². The van der Waals surface area contributed by atoms with Gasteiger partial charge in [-0.15, -0.1) is 0 Å². The highest BCUT2D eigenvalue weighted by Crippen LogP contribution is 2.13. The Hall–Kier alpha value is -4.26. The second-order valence-electron chi connectivity index (χ2n) is 6.79. The largest absolute Gasteiger partial charge is 0.391 e. The van der Waals surface area contributed by atoms with Crippen LogP contribution in [0, 0.1) is 11.8 Å². The van der Waals surface area contributed by atoms with E-state index >= 15 is 0 Å². The number of aliphatic hydroxyl groups is 1. The maximum absolute atomic E-state index is 12.3. The lowest BCUT2D eigenvalue weighted by molar-refractivity contribution is -0.133. The molecule has 5 N–H and O–H groups in total. The van der Waals surface area contributed by atoms with Crippen molar-refractivity contribution < 1.29 is 19.9 Å². The van der Waals surface area contributed by atoms with Gasteiger partial charge < -0.3 is 15.7 Å². The summed E-state index contributed by atoms with van der Waals surface area (Å²) in [5.74, 6) is 5.20. The molecule has 0 fully saturated rings. The van der Waals surface area contributed by atoms with E-state index in [1.54, 1.807) is 42.9 Å². The molecule has 0 aliphatic rings.